The molecular formula is C17H26N4O2. The molecule has 0 radical (unpaired) electrons. The van der Waals surface area contributed by atoms with Crippen LogP contribution in [-0.4, -0.2) is 61.7 Å². The zero-order valence-corrected chi connectivity index (χ0v) is 14.2. The van der Waals surface area contributed by atoms with Gasteiger partial charge < -0.3 is 19.9 Å². The Morgan fingerprint density at radius 2 is 1.87 bits per heavy atom. The summed E-state index contributed by atoms with van der Waals surface area (Å²) in [6, 6.07) is 8.32. The van der Waals surface area contributed by atoms with E-state index in [1.54, 1.807) is 11.9 Å². The molecule has 0 unspecified atom stereocenters. The van der Waals surface area contributed by atoms with Gasteiger partial charge in [0, 0.05) is 39.8 Å². The van der Waals surface area contributed by atoms with Crippen molar-refractivity contribution in [3.05, 3.63) is 35.4 Å². The van der Waals surface area contributed by atoms with Crippen LogP contribution < -0.4 is 5.32 Å². The van der Waals surface area contributed by atoms with Gasteiger partial charge in [0.15, 0.2) is 5.96 Å². The summed E-state index contributed by atoms with van der Waals surface area (Å²) in [6.45, 7) is 7.92. The maximum atomic E-state index is 11.7. The molecule has 0 atom stereocenters. The van der Waals surface area contributed by atoms with Crippen molar-refractivity contribution in [2.24, 2.45) is 4.99 Å². The molecule has 1 aliphatic heterocycles. The molecule has 23 heavy (non-hydrogen) atoms. The predicted molar refractivity (Wildman–Crippen MR) is 91.5 cm³/mol. The molecule has 126 valence electrons. The fourth-order valence-corrected chi connectivity index (χ4v) is 2.63. The van der Waals surface area contributed by atoms with Gasteiger partial charge >= 0.3 is 6.09 Å². The molecule has 0 spiro atoms. The van der Waals surface area contributed by atoms with E-state index in [4.69, 9.17) is 4.74 Å². The molecule has 6 heteroatoms. The number of rotatable bonds is 3. The molecule has 0 aliphatic carbocycles. The molecule has 1 aliphatic rings. The van der Waals surface area contributed by atoms with E-state index in [1.807, 2.05) is 19.1 Å². The van der Waals surface area contributed by atoms with E-state index in [9.17, 15) is 4.79 Å². The minimum Gasteiger partial charge on any atom is -0.450 e. The molecule has 6 nitrogen and oxygen atoms in total. The lowest BCUT2D eigenvalue weighted by Crippen LogP contribution is -2.53. The van der Waals surface area contributed by atoms with Gasteiger partial charge in [-0.2, -0.15) is 0 Å². The highest BCUT2D eigenvalue weighted by Gasteiger charge is 2.23. The number of aliphatic imine (C=N–C) groups is 1. The first kappa shape index (κ1) is 17.1. The maximum absolute atomic E-state index is 11.7. The van der Waals surface area contributed by atoms with Crippen molar-refractivity contribution in [3.8, 4) is 0 Å². The van der Waals surface area contributed by atoms with Crippen molar-refractivity contribution in [1.82, 2.24) is 15.1 Å². The van der Waals surface area contributed by atoms with E-state index in [1.165, 1.54) is 11.1 Å². The molecular weight excluding hydrogens is 292 g/mol. The van der Waals surface area contributed by atoms with Gasteiger partial charge in [-0.25, -0.2) is 4.79 Å². The number of carbonyl (C=O) groups is 1. The van der Waals surface area contributed by atoms with Crippen LogP contribution in [0.25, 0.3) is 0 Å². The van der Waals surface area contributed by atoms with Crippen LogP contribution in [0.4, 0.5) is 4.79 Å². The maximum Gasteiger partial charge on any atom is 0.409 e. The van der Waals surface area contributed by atoms with Crippen molar-refractivity contribution < 1.29 is 9.53 Å². The third-order valence-electron chi connectivity index (χ3n) is 4.02. The third kappa shape index (κ3) is 4.61. The lowest BCUT2D eigenvalue weighted by atomic mass is 10.1. The number of guanidine groups is 1. The van der Waals surface area contributed by atoms with Crippen LogP contribution in [0.1, 0.15) is 18.1 Å². The number of hydrogen-bond donors (Lipinski definition) is 1. The summed E-state index contributed by atoms with van der Waals surface area (Å²) in [5.41, 5.74) is 2.53. The van der Waals surface area contributed by atoms with Crippen LogP contribution in [0.5, 0.6) is 0 Å². The molecule has 1 heterocycles. The van der Waals surface area contributed by atoms with Gasteiger partial charge in [0.05, 0.1) is 6.61 Å². The zero-order chi connectivity index (χ0) is 16.7. The van der Waals surface area contributed by atoms with Crippen LogP contribution in [0.2, 0.25) is 0 Å². The summed E-state index contributed by atoms with van der Waals surface area (Å²) in [6.07, 6.45) is -0.227. The molecule has 1 aromatic carbocycles. The first-order chi connectivity index (χ1) is 11.2. The van der Waals surface area contributed by atoms with Gasteiger partial charge in [-0.1, -0.05) is 24.3 Å². The highest BCUT2D eigenvalue weighted by atomic mass is 16.6. The van der Waals surface area contributed by atoms with Crippen LogP contribution in [0, 0.1) is 6.92 Å². The number of carbonyl (C=O) groups excluding carboxylic acids is 1. The van der Waals surface area contributed by atoms with Gasteiger partial charge in [-0.15, -0.1) is 0 Å². The van der Waals surface area contributed by atoms with E-state index in [-0.39, 0.29) is 6.09 Å². The van der Waals surface area contributed by atoms with Crippen LogP contribution in [-0.2, 0) is 11.3 Å². The first-order valence-corrected chi connectivity index (χ1v) is 8.07. The number of nitrogens with one attached hydrogen (secondary N) is 1. The lowest BCUT2D eigenvalue weighted by Gasteiger charge is -2.35. The fraction of sp³-hybridized carbons (Fsp3) is 0.529. The van der Waals surface area contributed by atoms with Crippen molar-refractivity contribution in [3.63, 3.8) is 0 Å². The minimum atomic E-state index is -0.227. The molecule has 0 bridgehead atoms. The molecule has 1 aromatic rings. The normalized spacial score (nSPS) is 15.5. The second-order valence-corrected chi connectivity index (χ2v) is 5.50. The Hall–Kier alpha value is -2.24. The number of ether oxygens (including phenoxy) is 1. The van der Waals surface area contributed by atoms with Crippen molar-refractivity contribution >= 4 is 12.1 Å². The van der Waals surface area contributed by atoms with Gasteiger partial charge in [-0.3, -0.25) is 4.99 Å². The smallest absolute Gasteiger partial charge is 0.409 e. The van der Waals surface area contributed by atoms with Crippen LogP contribution >= 0.6 is 0 Å². The summed E-state index contributed by atoms with van der Waals surface area (Å²) >= 11 is 0. The molecule has 1 saturated heterocycles. The van der Waals surface area contributed by atoms with E-state index in [0.717, 1.165) is 25.6 Å². The average Bonchev–Trinajstić information content (AvgIpc) is 2.57. The van der Waals surface area contributed by atoms with E-state index < -0.39 is 0 Å². The van der Waals surface area contributed by atoms with Gasteiger partial charge in [-0.05, 0) is 25.0 Å². The Morgan fingerprint density at radius 3 is 2.48 bits per heavy atom. The molecule has 1 N–H and O–H groups in total. The predicted octanol–water partition coefficient (Wildman–Crippen LogP) is 1.84. The van der Waals surface area contributed by atoms with Crippen molar-refractivity contribution in [2.75, 3.05) is 39.8 Å². The zero-order valence-electron chi connectivity index (χ0n) is 14.2. The Bertz CT molecular complexity index is 551. The number of nitrogens with zero attached hydrogens (tertiary/aromatic N) is 3. The summed E-state index contributed by atoms with van der Waals surface area (Å²) in [5, 5.41) is 3.41. The summed E-state index contributed by atoms with van der Waals surface area (Å²) < 4.78 is 5.04. The Labute approximate surface area is 138 Å². The summed E-state index contributed by atoms with van der Waals surface area (Å²) in [7, 11) is 1.79. The first-order valence-electron chi connectivity index (χ1n) is 8.07. The Balaban J connectivity index is 1.86. The number of benzene rings is 1. The van der Waals surface area contributed by atoms with Crippen molar-refractivity contribution in [1.29, 1.82) is 0 Å². The molecule has 1 amide bonds. The highest BCUT2D eigenvalue weighted by molar-refractivity contribution is 5.80. The topological polar surface area (TPSA) is 57.2 Å². The minimum absolute atomic E-state index is 0.227. The van der Waals surface area contributed by atoms with Gasteiger partial charge in [0.2, 0.25) is 0 Å². The lowest BCUT2D eigenvalue weighted by molar-refractivity contribution is 0.0914. The quantitative estimate of drug-likeness (QED) is 0.682. The third-order valence-corrected chi connectivity index (χ3v) is 4.02. The van der Waals surface area contributed by atoms with Gasteiger partial charge in [0.1, 0.15) is 0 Å². The van der Waals surface area contributed by atoms with Crippen LogP contribution in [0.15, 0.2) is 29.3 Å². The van der Waals surface area contributed by atoms with E-state index in [2.05, 4.69) is 34.3 Å². The summed E-state index contributed by atoms with van der Waals surface area (Å²) in [5.74, 6) is 0.872. The SMILES string of the molecule is CCOC(=O)N1CCN(C(=NC)NCc2ccccc2C)CC1. The van der Waals surface area contributed by atoms with Crippen LogP contribution in [0.3, 0.4) is 0 Å². The number of hydrogen-bond acceptors (Lipinski definition) is 3. The second-order valence-electron chi connectivity index (χ2n) is 5.50. The highest BCUT2D eigenvalue weighted by Crippen LogP contribution is 2.08. The largest absolute Gasteiger partial charge is 0.450 e. The number of aryl methyl sites for hydroxylation is 1. The molecule has 1 fully saturated rings. The van der Waals surface area contributed by atoms with E-state index in [0.29, 0.717) is 19.7 Å². The van der Waals surface area contributed by atoms with Gasteiger partial charge in [0.25, 0.3) is 0 Å². The number of amides is 1. The second kappa shape index (κ2) is 8.41. The van der Waals surface area contributed by atoms with Crippen molar-refractivity contribution in [2.45, 2.75) is 20.4 Å². The summed E-state index contributed by atoms with van der Waals surface area (Å²) in [4.78, 5) is 20.0. The standard InChI is InChI=1S/C17H26N4O2/c1-4-23-17(22)21-11-9-20(10-12-21)16(18-3)19-13-15-8-6-5-7-14(15)2/h5-8H,4,9-13H2,1-3H3,(H,18,19). The molecule has 2 rings (SSSR count). The Morgan fingerprint density at radius 1 is 1.22 bits per heavy atom. The van der Waals surface area contributed by atoms with E-state index >= 15 is 0 Å². The average molecular weight is 318 g/mol. The molecule has 0 aromatic heterocycles. The number of piperazine rings is 1. The fourth-order valence-electron chi connectivity index (χ4n) is 2.63. The molecule has 0 saturated carbocycles. The monoisotopic (exact) mass is 318 g/mol. The Kier molecular flexibility index (Phi) is 6.26.